The van der Waals surface area contributed by atoms with Crippen molar-refractivity contribution in [2.45, 2.75) is 34.7 Å². The molecule has 0 amide bonds. The van der Waals surface area contributed by atoms with Crippen molar-refractivity contribution in [1.29, 1.82) is 0 Å². The molecule has 0 bridgehead atoms. The number of fused-ring (bicyclic) bond motifs is 1. The van der Waals surface area contributed by atoms with Gasteiger partial charge in [0, 0.05) is 68.0 Å². The lowest BCUT2D eigenvalue weighted by atomic mass is 9.87. The van der Waals surface area contributed by atoms with Crippen LogP contribution < -0.4 is 15.1 Å². The third-order valence-electron chi connectivity index (χ3n) is 7.17. The van der Waals surface area contributed by atoms with Crippen LogP contribution >= 0.6 is 0 Å². The molecule has 1 saturated heterocycles. The van der Waals surface area contributed by atoms with Gasteiger partial charge in [0.15, 0.2) is 19.7 Å². The molecule has 1 aromatic carbocycles. The highest BCUT2D eigenvalue weighted by Gasteiger charge is 2.32. The van der Waals surface area contributed by atoms with Crippen LogP contribution in [0.5, 0.6) is 0 Å². The Hall–Kier alpha value is -2.63. The molecule has 0 unspecified atom stereocenters. The first-order valence-electron chi connectivity index (χ1n) is 11.7. The minimum atomic E-state index is -3.37. The predicted octanol–water partition coefficient (Wildman–Crippen LogP) is 2.09. The number of nitrogens with zero attached hydrogens (tertiary/aromatic N) is 4. The molecule has 2 fully saturated rings. The van der Waals surface area contributed by atoms with Crippen LogP contribution in [0.2, 0.25) is 0 Å². The van der Waals surface area contributed by atoms with E-state index in [4.69, 9.17) is 4.98 Å². The number of sulfone groups is 2. The smallest absolute Gasteiger partial charge is 0.177 e. The van der Waals surface area contributed by atoms with E-state index in [9.17, 15) is 16.8 Å². The van der Waals surface area contributed by atoms with Gasteiger partial charge in [-0.25, -0.2) is 21.8 Å². The second-order valence-corrected chi connectivity index (χ2v) is 13.6. The van der Waals surface area contributed by atoms with Gasteiger partial charge in [-0.05, 0) is 56.3 Å². The predicted molar refractivity (Wildman–Crippen MR) is 138 cm³/mol. The third-order valence-corrected chi connectivity index (χ3v) is 9.43. The average molecular weight is 518 g/mol. The van der Waals surface area contributed by atoms with Crippen LogP contribution in [0.4, 0.5) is 11.5 Å². The largest absolute Gasteiger partial charge is 0.368 e. The average Bonchev–Trinajstić information content (AvgIpc) is 3.17. The van der Waals surface area contributed by atoms with Crippen LogP contribution in [0.15, 0.2) is 52.4 Å². The van der Waals surface area contributed by atoms with Crippen LogP contribution in [0.25, 0.3) is 11.0 Å². The van der Waals surface area contributed by atoms with E-state index in [0.29, 0.717) is 21.2 Å². The molecular weight excluding hydrogens is 486 g/mol. The molecule has 2 aliphatic rings. The second-order valence-electron chi connectivity index (χ2n) is 9.56. The van der Waals surface area contributed by atoms with Gasteiger partial charge in [-0.15, -0.1) is 0 Å². The zero-order chi connectivity index (χ0) is 25.0. The summed E-state index contributed by atoms with van der Waals surface area (Å²) in [4.78, 5) is 10.0. The molecule has 0 atom stereocenters. The molecule has 0 radical (unpaired) electrons. The fourth-order valence-corrected chi connectivity index (χ4v) is 6.48. The number of hydrogen-bond acceptors (Lipinski definition) is 8. The van der Waals surface area contributed by atoms with Crippen LogP contribution in [0.1, 0.15) is 18.9 Å². The first kappa shape index (κ1) is 24.1. The van der Waals surface area contributed by atoms with E-state index >= 15 is 0 Å². The van der Waals surface area contributed by atoms with Gasteiger partial charge < -0.3 is 19.7 Å². The third kappa shape index (κ3) is 4.64. The van der Waals surface area contributed by atoms with Gasteiger partial charge in [-0.2, -0.15) is 0 Å². The number of benzene rings is 1. The van der Waals surface area contributed by atoms with Crippen molar-refractivity contribution in [3.8, 4) is 0 Å². The van der Waals surface area contributed by atoms with E-state index in [-0.39, 0.29) is 6.04 Å². The highest BCUT2D eigenvalue weighted by molar-refractivity contribution is 7.91. The van der Waals surface area contributed by atoms with E-state index in [2.05, 4.69) is 15.1 Å². The number of rotatable bonds is 6. The van der Waals surface area contributed by atoms with Gasteiger partial charge in [-0.1, -0.05) is 0 Å². The second kappa shape index (κ2) is 8.79. The maximum absolute atomic E-state index is 12.4. The zero-order valence-corrected chi connectivity index (χ0v) is 21.8. The fourth-order valence-electron chi connectivity index (χ4n) is 4.98. The number of piperazine rings is 1. The Morgan fingerprint density at radius 3 is 2.06 bits per heavy atom. The number of anilines is 2. The Morgan fingerprint density at radius 1 is 0.857 bits per heavy atom. The first-order chi connectivity index (χ1) is 16.5. The van der Waals surface area contributed by atoms with Crippen molar-refractivity contribution >= 4 is 42.2 Å². The van der Waals surface area contributed by atoms with Gasteiger partial charge in [0.1, 0.15) is 11.5 Å². The summed E-state index contributed by atoms with van der Waals surface area (Å²) in [5, 5.41) is 3.96. The molecule has 1 aliphatic heterocycles. The molecule has 1 aliphatic carbocycles. The topological polar surface area (TPSA) is 105 Å². The highest BCUT2D eigenvalue weighted by Crippen LogP contribution is 2.37. The summed E-state index contributed by atoms with van der Waals surface area (Å²) >= 11 is 0. The summed E-state index contributed by atoms with van der Waals surface area (Å²) in [6, 6.07) is 11.5. The SMILES string of the molecule is CN[C@H]1C[C@@H](n2cc(S(C)(=O)=O)c3ccc(N4CCN(c5ccc(S(C)(=O)=O)cc5)CC4)nc32)C1. The van der Waals surface area contributed by atoms with Crippen molar-refractivity contribution in [1.82, 2.24) is 14.9 Å². The summed E-state index contributed by atoms with van der Waals surface area (Å²) in [7, 11) is -4.63. The monoisotopic (exact) mass is 517 g/mol. The van der Waals surface area contributed by atoms with Crippen molar-refractivity contribution in [2.24, 2.45) is 0 Å². The normalized spacial score (nSPS) is 21.3. The molecule has 1 saturated carbocycles. The Labute approximate surface area is 206 Å². The quantitative estimate of drug-likeness (QED) is 0.530. The van der Waals surface area contributed by atoms with Crippen LogP contribution in [-0.4, -0.2) is 78.2 Å². The van der Waals surface area contributed by atoms with Crippen molar-refractivity contribution < 1.29 is 16.8 Å². The number of nitrogens with one attached hydrogen (secondary N) is 1. The lowest BCUT2D eigenvalue weighted by molar-refractivity contribution is 0.240. The Balaban J connectivity index is 1.37. The molecule has 11 heteroatoms. The van der Waals surface area contributed by atoms with E-state index < -0.39 is 19.7 Å². The zero-order valence-electron chi connectivity index (χ0n) is 20.2. The lowest BCUT2D eigenvalue weighted by Crippen LogP contribution is -2.46. The summed E-state index contributed by atoms with van der Waals surface area (Å²) in [6.07, 6.45) is 6.12. The maximum Gasteiger partial charge on any atom is 0.177 e. The van der Waals surface area contributed by atoms with Crippen molar-refractivity contribution in [3.63, 3.8) is 0 Å². The first-order valence-corrected chi connectivity index (χ1v) is 15.5. The Kier molecular flexibility index (Phi) is 6.05. The Bertz CT molecular complexity index is 1450. The molecule has 3 heterocycles. The Morgan fingerprint density at radius 2 is 1.49 bits per heavy atom. The van der Waals surface area contributed by atoms with E-state index in [1.54, 1.807) is 18.3 Å². The van der Waals surface area contributed by atoms with Crippen LogP contribution in [0.3, 0.4) is 0 Å². The molecule has 5 rings (SSSR count). The van der Waals surface area contributed by atoms with Crippen LogP contribution in [0, 0.1) is 0 Å². The number of hydrogen-bond donors (Lipinski definition) is 1. The summed E-state index contributed by atoms with van der Waals surface area (Å²) in [5.41, 5.74) is 1.72. The van der Waals surface area contributed by atoms with Gasteiger partial charge in [-0.3, -0.25) is 0 Å². The van der Waals surface area contributed by atoms with Gasteiger partial charge in [0.05, 0.1) is 9.79 Å². The molecule has 188 valence electrons. The fraction of sp³-hybridized carbons (Fsp3) is 0.458. The molecule has 3 aromatic rings. The van der Waals surface area contributed by atoms with Crippen molar-refractivity contribution in [2.75, 3.05) is 55.5 Å². The minimum Gasteiger partial charge on any atom is -0.368 e. The molecular formula is C24H31N5O4S2. The van der Waals surface area contributed by atoms with E-state index in [0.717, 1.165) is 56.2 Å². The van der Waals surface area contributed by atoms with Gasteiger partial charge >= 0.3 is 0 Å². The lowest BCUT2D eigenvalue weighted by Gasteiger charge is -2.37. The standard InChI is InChI=1S/C24H31N5O4S2/c1-25-17-14-19(15-17)29-16-22(35(3,32)33)21-8-9-23(26-24(21)29)28-12-10-27(11-13-28)18-4-6-20(7-5-18)34(2,30)31/h4-9,16-17,19,25H,10-15H2,1-3H3/t17-,19+. The van der Waals surface area contributed by atoms with Crippen LogP contribution in [-0.2, 0) is 19.7 Å². The summed E-state index contributed by atoms with van der Waals surface area (Å²) in [5.74, 6) is 0.841. The molecule has 0 spiro atoms. The molecule has 1 N–H and O–H groups in total. The van der Waals surface area contributed by atoms with E-state index in [1.807, 2.05) is 35.9 Å². The summed E-state index contributed by atoms with van der Waals surface area (Å²) < 4.78 is 50.4. The maximum atomic E-state index is 12.4. The molecule has 9 nitrogen and oxygen atoms in total. The number of pyridine rings is 1. The van der Waals surface area contributed by atoms with Gasteiger partial charge in [0.25, 0.3) is 0 Å². The highest BCUT2D eigenvalue weighted by atomic mass is 32.2. The minimum absolute atomic E-state index is 0.236. The van der Waals surface area contributed by atoms with E-state index in [1.165, 1.54) is 12.5 Å². The molecule has 2 aromatic heterocycles. The van der Waals surface area contributed by atoms with Crippen molar-refractivity contribution in [3.05, 3.63) is 42.6 Å². The summed E-state index contributed by atoms with van der Waals surface area (Å²) in [6.45, 7) is 3.08. The van der Waals surface area contributed by atoms with Gasteiger partial charge in [0.2, 0.25) is 0 Å². The molecule has 35 heavy (non-hydrogen) atoms. The number of aromatic nitrogens is 2.